The van der Waals surface area contributed by atoms with E-state index in [9.17, 15) is 14.9 Å². The second-order valence-corrected chi connectivity index (χ2v) is 7.84. The van der Waals surface area contributed by atoms with E-state index < -0.39 is 4.92 Å². The van der Waals surface area contributed by atoms with Crippen LogP contribution in [0.15, 0.2) is 54.6 Å². The molecule has 0 saturated carbocycles. The molecule has 0 bridgehead atoms. The average Bonchev–Trinajstić information content (AvgIpc) is 2.85. The van der Waals surface area contributed by atoms with Crippen molar-refractivity contribution in [1.29, 1.82) is 0 Å². The monoisotopic (exact) mass is 467 g/mol. The Morgan fingerprint density at radius 1 is 1.06 bits per heavy atom. The first-order valence-corrected chi connectivity index (χ1v) is 10.9. The number of piperazine rings is 1. The molecule has 1 aliphatic rings. The number of anilines is 1. The molecule has 2 heterocycles. The molecular formula is C23H22ClN5O4. The van der Waals surface area contributed by atoms with Gasteiger partial charge in [-0.05, 0) is 49.4 Å². The van der Waals surface area contributed by atoms with Crippen molar-refractivity contribution in [2.24, 2.45) is 0 Å². The Bertz CT molecular complexity index is 1150. The van der Waals surface area contributed by atoms with Crippen LogP contribution in [0.2, 0.25) is 5.02 Å². The maximum Gasteiger partial charge on any atom is 0.270 e. The second-order valence-electron chi connectivity index (χ2n) is 7.43. The third-order valence-corrected chi connectivity index (χ3v) is 5.72. The zero-order chi connectivity index (χ0) is 23.4. The number of nitro benzene ring substituents is 1. The largest absolute Gasteiger partial charge is 0.494 e. The zero-order valence-corrected chi connectivity index (χ0v) is 18.7. The van der Waals surface area contributed by atoms with Gasteiger partial charge in [0.1, 0.15) is 5.75 Å². The number of amides is 1. The van der Waals surface area contributed by atoms with Crippen molar-refractivity contribution < 1.29 is 14.5 Å². The molecule has 0 aliphatic carbocycles. The van der Waals surface area contributed by atoms with Crippen LogP contribution in [0.5, 0.6) is 5.75 Å². The summed E-state index contributed by atoms with van der Waals surface area (Å²) in [6.45, 7) is 4.58. The quantitative estimate of drug-likeness (QED) is 0.397. The fraction of sp³-hybridized carbons (Fsp3) is 0.261. The highest BCUT2D eigenvalue weighted by molar-refractivity contribution is 6.33. The Morgan fingerprint density at radius 2 is 1.79 bits per heavy atom. The molecule has 9 nitrogen and oxygen atoms in total. The van der Waals surface area contributed by atoms with Gasteiger partial charge in [0.25, 0.3) is 11.6 Å². The van der Waals surface area contributed by atoms with Gasteiger partial charge in [0.05, 0.1) is 27.8 Å². The number of nitrogens with zero attached hydrogens (tertiary/aromatic N) is 5. The van der Waals surface area contributed by atoms with Gasteiger partial charge in [0, 0.05) is 43.9 Å². The number of ether oxygens (including phenoxy) is 1. The lowest BCUT2D eigenvalue weighted by molar-refractivity contribution is -0.384. The first kappa shape index (κ1) is 22.5. The fourth-order valence-electron chi connectivity index (χ4n) is 3.64. The number of halogens is 1. The second kappa shape index (κ2) is 9.83. The lowest BCUT2D eigenvalue weighted by Gasteiger charge is -2.35. The van der Waals surface area contributed by atoms with Gasteiger partial charge in [0.2, 0.25) is 0 Å². The molecule has 4 rings (SSSR count). The zero-order valence-electron chi connectivity index (χ0n) is 18.0. The molecule has 10 heteroatoms. The highest BCUT2D eigenvalue weighted by Crippen LogP contribution is 2.25. The van der Waals surface area contributed by atoms with Crippen molar-refractivity contribution >= 4 is 29.0 Å². The van der Waals surface area contributed by atoms with E-state index >= 15 is 0 Å². The van der Waals surface area contributed by atoms with Crippen LogP contribution in [-0.2, 0) is 0 Å². The van der Waals surface area contributed by atoms with E-state index in [4.69, 9.17) is 16.3 Å². The SMILES string of the molecule is CCOc1ccc(-c2ccc(N3CCN(C(=O)c4cc([N+](=O)[O-])ccc4Cl)CC3)nn2)cc1. The number of carbonyl (C=O) groups excluding carboxylic acids is 1. The van der Waals surface area contributed by atoms with Gasteiger partial charge in [-0.15, -0.1) is 10.2 Å². The van der Waals surface area contributed by atoms with Crippen molar-refractivity contribution in [1.82, 2.24) is 15.1 Å². The molecule has 33 heavy (non-hydrogen) atoms. The third kappa shape index (κ3) is 5.04. The van der Waals surface area contributed by atoms with Gasteiger partial charge in [-0.25, -0.2) is 0 Å². The summed E-state index contributed by atoms with van der Waals surface area (Å²) in [4.78, 5) is 27.1. The number of non-ortho nitro benzene ring substituents is 1. The number of aromatic nitrogens is 2. The van der Waals surface area contributed by atoms with Gasteiger partial charge in [0.15, 0.2) is 5.82 Å². The van der Waals surface area contributed by atoms with E-state index in [-0.39, 0.29) is 22.2 Å². The van der Waals surface area contributed by atoms with Crippen LogP contribution in [0, 0.1) is 10.1 Å². The van der Waals surface area contributed by atoms with Crippen LogP contribution < -0.4 is 9.64 Å². The molecule has 0 atom stereocenters. The minimum atomic E-state index is -0.541. The number of carbonyl (C=O) groups is 1. The third-order valence-electron chi connectivity index (χ3n) is 5.39. The predicted octanol–water partition coefficient (Wildman–Crippen LogP) is 4.07. The maximum atomic E-state index is 12.9. The molecule has 0 N–H and O–H groups in total. The molecule has 1 fully saturated rings. The van der Waals surface area contributed by atoms with Gasteiger partial charge in [-0.1, -0.05) is 11.6 Å². The Labute approximate surface area is 195 Å². The summed E-state index contributed by atoms with van der Waals surface area (Å²) in [5.74, 6) is 1.22. The summed E-state index contributed by atoms with van der Waals surface area (Å²) in [5, 5.41) is 19.9. The molecular weight excluding hydrogens is 446 g/mol. The Morgan fingerprint density at radius 3 is 2.39 bits per heavy atom. The molecule has 0 radical (unpaired) electrons. The number of rotatable bonds is 6. The summed E-state index contributed by atoms with van der Waals surface area (Å²) in [6, 6.07) is 15.4. The van der Waals surface area contributed by atoms with Crippen molar-refractivity contribution in [3.63, 3.8) is 0 Å². The summed E-state index contributed by atoms with van der Waals surface area (Å²) < 4.78 is 5.46. The van der Waals surface area contributed by atoms with Gasteiger partial charge in [-0.3, -0.25) is 14.9 Å². The van der Waals surface area contributed by atoms with Crippen LogP contribution in [0.3, 0.4) is 0 Å². The normalized spacial score (nSPS) is 13.6. The number of hydrogen-bond donors (Lipinski definition) is 0. The van der Waals surface area contributed by atoms with Crippen molar-refractivity contribution in [3.8, 4) is 17.0 Å². The van der Waals surface area contributed by atoms with Crippen LogP contribution in [0.4, 0.5) is 11.5 Å². The molecule has 1 saturated heterocycles. The summed E-state index contributed by atoms with van der Waals surface area (Å²) in [6.07, 6.45) is 0. The number of nitro groups is 1. The fourth-order valence-corrected chi connectivity index (χ4v) is 3.83. The van der Waals surface area contributed by atoms with Crippen LogP contribution in [-0.4, -0.2) is 58.7 Å². The summed E-state index contributed by atoms with van der Waals surface area (Å²) >= 11 is 6.12. The van der Waals surface area contributed by atoms with E-state index in [1.807, 2.05) is 48.2 Å². The van der Waals surface area contributed by atoms with Crippen LogP contribution in [0.25, 0.3) is 11.3 Å². The van der Waals surface area contributed by atoms with Crippen molar-refractivity contribution in [3.05, 3.63) is 75.3 Å². The van der Waals surface area contributed by atoms with E-state index in [1.54, 1.807) is 4.90 Å². The van der Waals surface area contributed by atoms with Crippen LogP contribution >= 0.6 is 11.6 Å². The van der Waals surface area contributed by atoms with Crippen molar-refractivity contribution in [2.75, 3.05) is 37.7 Å². The highest BCUT2D eigenvalue weighted by Gasteiger charge is 2.26. The maximum absolute atomic E-state index is 12.9. The Hall–Kier alpha value is -3.72. The first-order chi connectivity index (χ1) is 16.0. The van der Waals surface area contributed by atoms with Gasteiger partial charge < -0.3 is 14.5 Å². The minimum absolute atomic E-state index is 0.138. The predicted molar refractivity (Wildman–Crippen MR) is 125 cm³/mol. The van der Waals surface area contributed by atoms with Crippen LogP contribution in [0.1, 0.15) is 17.3 Å². The highest BCUT2D eigenvalue weighted by atomic mass is 35.5. The molecule has 1 amide bonds. The topological polar surface area (TPSA) is 102 Å². The average molecular weight is 468 g/mol. The molecule has 3 aromatic rings. The molecule has 0 spiro atoms. The van der Waals surface area contributed by atoms with E-state index in [2.05, 4.69) is 10.2 Å². The summed E-state index contributed by atoms with van der Waals surface area (Å²) in [7, 11) is 0. The smallest absolute Gasteiger partial charge is 0.270 e. The lowest BCUT2D eigenvalue weighted by Crippen LogP contribution is -2.49. The molecule has 2 aromatic carbocycles. The van der Waals surface area contributed by atoms with Gasteiger partial charge >= 0.3 is 0 Å². The number of hydrogen-bond acceptors (Lipinski definition) is 7. The first-order valence-electron chi connectivity index (χ1n) is 10.5. The van der Waals surface area contributed by atoms with Crippen molar-refractivity contribution in [2.45, 2.75) is 6.92 Å². The standard InChI is InChI=1S/C23H22ClN5O4/c1-2-33-18-6-3-16(4-7-18)21-9-10-22(26-25-21)27-11-13-28(14-12-27)23(30)19-15-17(29(31)32)5-8-20(19)24/h3-10,15H,2,11-14H2,1H3. The van der Waals surface area contributed by atoms with E-state index in [1.165, 1.54) is 18.2 Å². The van der Waals surface area contributed by atoms with E-state index in [0.29, 0.717) is 32.8 Å². The Balaban J connectivity index is 1.39. The minimum Gasteiger partial charge on any atom is -0.494 e. The summed E-state index contributed by atoms with van der Waals surface area (Å²) in [5.41, 5.74) is 1.68. The van der Waals surface area contributed by atoms with E-state index in [0.717, 1.165) is 22.8 Å². The number of benzene rings is 2. The molecule has 1 aliphatic heterocycles. The Kier molecular flexibility index (Phi) is 6.69. The molecule has 1 aromatic heterocycles. The lowest BCUT2D eigenvalue weighted by atomic mass is 10.1. The molecule has 0 unspecified atom stereocenters. The molecule has 170 valence electrons. The van der Waals surface area contributed by atoms with Gasteiger partial charge in [-0.2, -0.15) is 0 Å².